The number of hydrogen-bond acceptors (Lipinski definition) is 6. The molecular formula is C13H10F3N3O3S. The molecule has 0 atom stereocenters. The summed E-state index contributed by atoms with van der Waals surface area (Å²) in [6, 6.07) is 4.32. The molecule has 23 heavy (non-hydrogen) atoms. The highest BCUT2D eigenvalue weighted by atomic mass is 32.1. The Kier molecular flexibility index (Phi) is 4.64. The number of amides is 1. The number of aromatic nitrogens is 2. The normalized spacial score (nSPS) is 11.2. The lowest BCUT2D eigenvalue weighted by Crippen LogP contribution is -2.14. The van der Waals surface area contributed by atoms with Crippen molar-refractivity contribution in [3.63, 3.8) is 0 Å². The molecule has 0 saturated heterocycles. The predicted molar refractivity (Wildman–Crippen MR) is 75.4 cm³/mol. The summed E-state index contributed by atoms with van der Waals surface area (Å²) >= 11 is 0.138. The third-order valence-corrected chi connectivity index (χ3v) is 3.23. The summed E-state index contributed by atoms with van der Waals surface area (Å²) in [7, 11) is 0. The lowest BCUT2D eigenvalue weighted by atomic mass is 10.1. The van der Waals surface area contributed by atoms with Crippen molar-refractivity contribution < 1.29 is 27.5 Å². The van der Waals surface area contributed by atoms with Crippen molar-refractivity contribution in [3.8, 4) is 5.75 Å². The lowest BCUT2D eigenvalue weighted by Gasteiger charge is -2.06. The number of alkyl halides is 3. The minimum Gasteiger partial charge on any atom is -0.427 e. The zero-order valence-electron chi connectivity index (χ0n) is 11.9. The van der Waals surface area contributed by atoms with E-state index in [9.17, 15) is 22.8 Å². The molecule has 0 fully saturated rings. The van der Waals surface area contributed by atoms with Crippen molar-refractivity contribution in [1.29, 1.82) is 0 Å². The summed E-state index contributed by atoms with van der Waals surface area (Å²) in [4.78, 5) is 26.2. The van der Waals surface area contributed by atoms with E-state index in [1.165, 1.54) is 19.1 Å². The molecule has 0 saturated carbocycles. The number of nitrogens with zero attached hydrogens (tertiary/aromatic N) is 2. The van der Waals surface area contributed by atoms with Gasteiger partial charge in [-0.05, 0) is 42.2 Å². The average Bonchev–Trinajstić information content (AvgIpc) is 2.85. The highest BCUT2D eigenvalue weighted by Crippen LogP contribution is 2.31. The molecule has 122 valence electrons. The van der Waals surface area contributed by atoms with Crippen LogP contribution in [0.2, 0.25) is 0 Å². The van der Waals surface area contributed by atoms with Gasteiger partial charge in [0.25, 0.3) is 5.91 Å². The van der Waals surface area contributed by atoms with Gasteiger partial charge in [-0.15, -0.1) is 0 Å². The van der Waals surface area contributed by atoms with Crippen molar-refractivity contribution in [3.05, 3.63) is 34.3 Å². The summed E-state index contributed by atoms with van der Waals surface area (Å²) in [5.41, 5.74) is 0.737. The van der Waals surface area contributed by atoms with Crippen LogP contribution >= 0.6 is 11.5 Å². The molecule has 0 unspecified atom stereocenters. The fourth-order valence-corrected chi connectivity index (χ4v) is 2.16. The zero-order valence-corrected chi connectivity index (χ0v) is 12.7. The first-order valence-electron chi connectivity index (χ1n) is 6.17. The minimum atomic E-state index is -4.62. The molecule has 0 bridgehead atoms. The Bertz CT molecular complexity index is 758. The maximum Gasteiger partial charge on any atom is 0.444 e. The second-order valence-corrected chi connectivity index (χ2v) is 5.26. The lowest BCUT2D eigenvalue weighted by molar-refractivity contribution is -0.137. The molecule has 6 nitrogen and oxygen atoms in total. The number of nitrogens with one attached hydrogen (secondary N) is 1. The standard InChI is InChI=1S/C13H10F3N3O3S/c1-6-3-8(5-9(4-6)22-7(2)20)10(21)17-12-18-11(23-19-12)13(14,15)16/h3-5H,1-2H3,(H,17,19,21). The third kappa shape index (κ3) is 4.49. The van der Waals surface area contributed by atoms with E-state index in [1.807, 2.05) is 0 Å². The van der Waals surface area contributed by atoms with Gasteiger partial charge in [0.1, 0.15) is 5.75 Å². The van der Waals surface area contributed by atoms with Crippen LogP contribution in [0, 0.1) is 6.92 Å². The van der Waals surface area contributed by atoms with Crippen LogP contribution in [0.15, 0.2) is 18.2 Å². The number of esters is 1. The number of anilines is 1. The van der Waals surface area contributed by atoms with Gasteiger partial charge in [0.15, 0.2) is 0 Å². The molecule has 0 radical (unpaired) electrons. The predicted octanol–water partition coefficient (Wildman–Crippen LogP) is 3.04. The monoisotopic (exact) mass is 345 g/mol. The third-order valence-electron chi connectivity index (χ3n) is 2.47. The summed E-state index contributed by atoms with van der Waals surface area (Å²) in [5, 5.41) is 1.01. The topological polar surface area (TPSA) is 81.2 Å². The van der Waals surface area contributed by atoms with Crippen LogP contribution in [-0.4, -0.2) is 21.2 Å². The van der Waals surface area contributed by atoms with E-state index in [0.29, 0.717) is 5.56 Å². The maximum absolute atomic E-state index is 12.4. The SMILES string of the molecule is CC(=O)Oc1cc(C)cc(C(=O)Nc2nsc(C(F)(F)F)n2)c1. The Balaban J connectivity index is 2.19. The second-order valence-electron chi connectivity index (χ2n) is 4.50. The molecule has 2 aromatic rings. The van der Waals surface area contributed by atoms with Crippen LogP contribution < -0.4 is 10.1 Å². The molecule has 0 spiro atoms. The first-order valence-corrected chi connectivity index (χ1v) is 6.95. The van der Waals surface area contributed by atoms with Crippen molar-refractivity contribution in [1.82, 2.24) is 9.36 Å². The van der Waals surface area contributed by atoms with Gasteiger partial charge in [0.2, 0.25) is 11.0 Å². The Morgan fingerprint density at radius 1 is 1.26 bits per heavy atom. The van der Waals surface area contributed by atoms with Crippen molar-refractivity contribution >= 4 is 29.4 Å². The highest BCUT2D eigenvalue weighted by Gasteiger charge is 2.35. The minimum absolute atomic E-state index is 0.101. The molecule has 10 heteroatoms. The first-order chi connectivity index (χ1) is 10.6. The number of halogens is 3. The Labute approximate surface area is 132 Å². The molecular weight excluding hydrogens is 335 g/mol. The van der Waals surface area contributed by atoms with Gasteiger partial charge in [-0.1, -0.05) is 0 Å². The van der Waals surface area contributed by atoms with Gasteiger partial charge < -0.3 is 4.74 Å². The number of carbonyl (C=O) groups excluding carboxylic acids is 2. The van der Waals surface area contributed by atoms with Gasteiger partial charge in [0, 0.05) is 12.5 Å². The molecule has 0 aliphatic carbocycles. The largest absolute Gasteiger partial charge is 0.444 e. The van der Waals surface area contributed by atoms with Crippen LogP contribution in [0.5, 0.6) is 5.75 Å². The summed E-state index contributed by atoms with van der Waals surface area (Å²) < 4.78 is 45.6. The van der Waals surface area contributed by atoms with Gasteiger partial charge in [0.05, 0.1) is 0 Å². The zero-order chi connectivity index (χ0) is 17.2. The van der Waals surface area contributed by atoms with Crippen molar-refractivity contribution in [2.24, 2.45) is 0 Å². The molecule has 1 aromatic carbocycles. The fraction of sp³-hybridized carbons (Fsp3) is 0.231. The van der Waals surface area contributed by atoms with Gasteiger partial charge in [-0.2, -0.15) is 22.5 Å². The molecule has 2 rings (SSSR count). The number of benzene rings is 1. The Morgan fingerprint density at radius 3 is 2.52 bits per heavy atom. The molecule has 1 heterocycles. The van der Waals surface area contributed by atoms with E-state index < -0.39 is 29.0 Å². The van der Waals surface area contributed by atoms with Crippen LogP contribution in [0.1, 0.15) is 27.9 Å². The molecule has 0 aliphatic heterocycles. The van der Waals surface area contributed by atoms with Crippen LogP contribution in [0.4, 0.5) is 19.1 Å². The number of rotatable bonds is 3. The average molecular weight is 345 g/mol. The van der Waals surface area contributed by atoms with Gasteiger partial charge >= 0.3 is 12.1 Å². The van der Waals surface area contributed by atoms with Crippen LogP contribution in [-0.2, 0) is 11.0 Å². The highest BCUT2D eigenvalue weighted by molar-refractivity contribution is 7.05. The molecule has 1 amide bonds. The van der Waals surface area contributed by atoms with Crippen LogP contribution in [0.3, 0.4) is 0 Å². The number of carbonyl (C=O) groups is 2. The van der Waals surface area contributed by atoms with Crippen LogP contribution in [0.25, 0.3) is 0 Å². The number of hydrogen-bond donors (Lipinski definition) is 1. The summed E-state index contributed by atoms with van der Waals surface area (Å²) in [5.74, 6) is -1.56. The maximum atomic E-state index is 12.4. The summed E-state index contributed by atoms with van der Waals surface area (Å²) in [6.07, 6.45) is -4.62. The smallest absolute Gasteiger partial charge is 0.427 e. The van der Waals surface area contributed by atoms with E-state index in [1.54, 1.807) is 13.0 Å². The van der Waals surface area contributed by atoms with E-state index in [-0.39, 0.29) is 22.8 Å². The fourth-order valence-electron chi connectivity index (χ4n) is 1.67. The molecule has 1 aromatic heterocycles. The number of aryl methyl sites for hydroxylation is 1. The quantitative estimate of drug-likeness (QED) is 0.683. The van der Waals surface area contributed by atoms with E-state index >= 15 is 0 Å². The van der Waals surface area contributed by atoms with Crippen molar-refractivity contribution in [2.45, 2.75) is 20.0 Å². The van der Waals surface area contributed by atoms with Crippen molar-refractivity contribution in [2.75, 3.05) is 5.32 Å². The van der Waals surface area contributed by atoms with E-state index in [4.69, 9.17) is 4.74 Å². The van der Waals surface area contributed by atoms with Gasteiger partial charge in [-0.3, -0.25) is 14.9 Å². The Morgan fingerprint density at radius 2 is 1.96 bits per heavy atom. The summed E-state index contributed by atoms with van der Waals surface area (Å²) in [6.45, 7) is 2.88. The van der Waals surface area contributed by atoms with E-state index in [0.717, 1.165) is 0 Å². The molecule has 1 N–H and O–H groups in total. The van der Waals surface area contributed by atoms with E-state index in [2.05, 4.69) is 14.7 Å². The first kappa shape index (κ1) is 16.9. The number of ether oxygens (including phenoxy) is 1. The van der Waals surface area contributed by atoms with Gasteiger partial charge in [-0.25, -0.2) is 0 Å². The molecule has 0 aliphatic rings. The Hall–Kier alpha value is -2.49. The second kappa shape index (κ2) is 6.32.